The monoisotopic (exact) mass is 241 g/mol. The Morgan fingerprint density at radius 1 is 1.31 bits per heavy atom. The number of hydrogen-bond donors (Lipinski definition) is 1. The van der Waals surface area contributed by atoms with E-state index in [4.69, 9.17) is 21.8 Å². The van der Waals surface area contributed by atoms with Gasteiger partial charge in [0.05, 0.1) is 6.26 Å². The van der Waals surface area contributed by atoms with Crippen LogP contribution in [0.1, 0.15) is 44.7 Å². The predicted molar refractivity (Wildman–Crippen MR) is 66.3 cm³/mol. The van der Waals surface area contributed by atoms with Crippen LogP contribution in [0.5, 0.6) is 0 Å². The highest BCUT2D eigenvalue weighted by Gasteiger charge is 2.30. The molecule has 0 saturated heterocycles. The van der Waals surface area contributed by atoms with E-state index in [1.54, 1.807) is 6.26 Å². The zero-order valence-electron chi connectivity index (χ0n) is 9.95. The molecule has 0 aromatic carbocycles. The lowest BCUT2D eigenvalue weighted by atomic mass is 9.73. The summed E-state index contributed by atoms with van der Waals surface area (Å²) in [7, 11) is 0. The summed E-state index contributed by atoms with van der Waals surface area (Å²) in [4.78, 5) is 0. The summed E-state index contributed by atoms with van der Waals surface area (Å²) < 4.78 is 5.12. The van der Waals surface area contributed by atoms with E-state index in [1.165, 1.54) is 19.3 Å². The largest absolute Gasteiger partial charge is 0.453 e. The highest BCUT2D eigenvalue weighted by atomic mass is 35.5. The Labute approximate surface area is 102 Å². The van der Waals surface area contributed by atoms with Crippen molar-refractivity contribution >= 4 is 11.6 Å². The maximum Gasteiger partial charge on any atom is 0.197 e. The molecule has 1 fully saturated rings. The van der Waals surface area contributed by atoms with Gasteiger partial charge in [-0.25, -0.2) is 0 Å². The lowest BCUT2D eigenvalue weighted by molar-refractivity contribution is 0.193. The predicted octanol–water partition coefficient (Wildman–Crippen LogP) is 4.01. The smallest absolute Gasteiger partial charge is 0.197 e. The summed E-state index contributed by atoms with van der Waals surface area (Å²) in [6, 6.07) is 1.92. The van der Waals surface area contributed by atoms with Gasteiger partial charge in [-0.1, -0.05) is 13.8 Å². The van der Waals surface area contributed by atoms with Crippen LogP contribution in [0.4, 0.5) is 0 Å². The molecule has 16 heavy (non-hydrogen) atoms. The van der Waals surface area contributed by atoms with Crippen molar-refractivity contribution in [2.24, 2.45) is 23.5 Å². The first kappa shape index (κ1) is 12.0. The first-order chi connectivity index (χ1) is 7.58. The first-order valence-electron chi connectivity index (χ1n) is 6.06. The van der Waals surface area contributed by atoms with Crippen molar-refractivity contribution in [2.45, 2.75) is 39.2 Å². The van der Waals surface area contributed by atoms with Crippen LogP contribution in [0.3, 0.4) is 0 Å². The molecular weight excluding hydrogens is 222 g/mol. The van der Waals surface area contributed by atoms with E-state index in [-0.39, 0.29) is 6.04 Å². The van der Waals surface area contributed by atoms with E-state index in [1.807, 2.05) is 6.07 Å². The Hall–Kier alpha value is -0.470. The third-order valence-corrected chi connectivity index (χ3v) is 4.04. The minimum Gasteiger partial charge on any atom is -0.453 e. The van der Waals surface area contributed by atoms with Crippen molar-refractivity contribution in [1.29, 1.82) is 0 Å². The van der Waals surface area contributed by atoms with Crippen LogP contribution in [0.15, 0.2) is 16.7 Å². The van der Waals surface area contributed by atoms with Gasteiger partial charge in [-0.05, 0) is 54.7 Å². The van der Waals surface area contributed by atoms with Crippen LogP contribution in [-0.4, -0.2) is 0 Å². The Morgan fingerprint density at radius 2 is 1.94 bits per heavy atom. The maximum absolute atomic E-state index is 6.30. The highest BCUT2D eigenvalue weighted by Crippen LogP contribution is 2.40. The van der Waals surface area contributed by atoms with Crippen LogP contribution in [0, 0.1) is 17.8 Å². The molecule has 2 nitrogen and oxygen atoms in total. The van der Waals surface area contributed by atoms with E-state index in [0.717, 1.165) is 17.4 Å². The van der Waals surface area contributed by atoms with E-state index < -0.39 is 0 Å². The van der Waals surface area contributed by atoms with E-state index >= 15 is 0 Å². The van der Waals surface area contributed by atoms with Gasteiger partial charge >= 0.3 is 0 Å². The van der Waals surface area contributed by atoms with Crippen molar-refractivity contribution < 1.29 is 4.42 Å². The number of hydrogen-bond acceptors (Lipinski definition) is 2. The molecular formula is C13H20ClNO. The molecule has 90 valence electrons. The maximum atomic E-state index is 6.30. The number of furan rings is 1. The van der Waals surface area contributed by atoms with Gasteiger partial charge in [0.15, 0.2) is 5.22 Å². The second-order valence-electron chi connectivity index (χ2n) is 5.35. The second kappa shape index (κ2) is 4.80. The van der Waals surface area contributed by atoms with Crippen molar-refractivity contribution in [3.8, 4) is 0 Å². The Balaban J connectivity index is 2.10. The van der Waals surface area contributed by atoms with Crippen molar-refractivity contribution in [3.05, 3.63) is 23.1 Å². The Kier molecular flexibility index (Phi) is 3.60. The average molecular weight is 242 g/mol. The summed E-state index contributed by atoms with van der Waals surface area (Å²) in [6.45, 7) is 4.62. The van der Waals surface area contributed by atoms with Gasteiger partial charge in [-0.3, -0.25) is 0 Å². The quantitative estimate of drug-likeness (QED) is 0.850. The van der Waals surface area contributed by atoms with Crippen LogP contribution in [-0.2, 0) is 0 Å². The topological polar surface area (TPSA) is 39.2 Å². The van der Waals surface area contributed by atoms with Crippen LogP contribution in [0.2, 0.25) is 5.22 Å². The van der Waals surface area contributed by atoms with Crippen molar-refractivity contribution in [2.75, 3.05) is 0 Å². The van der Waals surface area contributed by atoms with Crippen LogP contribution >= 0.6 is 11.6 Å². The van der Waals surface area contributed by atoms with Crippen LogP contribution < -0.4 is 5.73 Å². The third kappa shape index (κ3) is 2.44. The number of nitrogens with two attached hydrogens (primary N) is 1. The molecule has 0 amide bonds. The second-order valence-corrected chi connectivity index (χ2v) is 5.70. The molecule has 0 radical (unpaired) electrons. The van der Waals surface area contributed by atoms with Gasteiger partial charge in [0, 0.05) is 11.6 Å². The van der Waals surface area contributed by atoms with E-state index in [2.05, 4.69) is 13.8 Å². The van der Waals surface area contributed by atoms with Gasteiger partial charge in [0.25, 0.3) is 0 Å². The molecule has 1 aliphatic rings. The summed E-state index contributed by atoms with van der Waals surface area (Å²) >= 11 is 5.98. The molecule has 0 spiro atoms. The van der Waals surface area contributed by atoms with Gasteiger partial charge in [-0.15, -0.1) is 0 Å². The lowest BCUT2D eigenvalue weighted by Crippen LogP contribution is -2.29. The Morgan fingerprint density at radius 3 is 2.44 bits per heavy atom. The molecule has 2 rings (SSSR count). The number of rotatable bonds is 2. The molecule has 1 aliphatic carbocycles. The number of halogens is 1. The molecule has 0 aliphatic heterocycles. The molecule has 1 saturated carbocycles. The third-order valence-electron chi connectivity index (χ3n) is 3.73. The summed E-state index contributed by atoms with van der Waals surface area (Å²) in [5.74, 6) is 2.07. The van der Waals surface area contributed by atoms with Gasteiger partial charge in [-0.2, -0.15) is 0 Å². The lowest BCUT2D eigenvalue weighted by Gasteiger charge is -2.34. The molecule has 0 bridgehead atoms. The fourth-order valence-corrected chi connectivity index (χ4v) is 3.34. The zero-order valence-corrected chi connectivity index (χ0v) is 10.7. The van der Waals surface area contributed by atoms with Crippen LogP contribution in [0.25, 0.3) is 0 Å². The summed E-state index contributed by atoms with van der Waals surface area (Å²) in [6.07, 6.45) is 5.34. The molecule has 2 N–H and O–H groups in total. The molecule has 3 atom stereocenters. The minimum atomic E-state index is 0.0245. The summed E-state index contributed by atoms with van der Waals surface area (Å²) in [5, 5.41) is 0.457. The van der Waals surface area contributed by atoms with E-state index in [9.17, 15) is 0 Å². The molecule has 1 heterocycles. The van der Waals surface area contributed by atoms with E-state index in [0.29, 0.717) is 11.1 Å². The van der Waals surface area contributed by atoms with Gasteiger partial charge in [0.1, 0.15) is 0 Å². The average Bonchev–Trinajstić information content (AvgIpc) is 2.62. The SMILES string of the molecule is CC1CC(C)CC(C(N)c2ccoc2Cl)C1. The molecule has 1 aromatic rings. The summed E-state index contributed by atoms with van der Waals surface area (Å²) in [5.41, 5.74) is 7.26. The fraction of sp³-hybridized carbons (Fsp3) is 0.692. The standard InChI is InChI=1S/C13H20ClNO/c1-8-5-9(2)7-10(6-8)12(15)11-3-4-16-13(11)14/h3-4,8-10,12H,5-7,15H2,1-2H3. The molecule has 3 unspecified atom stereocenters. The highest BCUT2D eigenvalue weighted by molar-refractivity contribution is 6.29. The first-order valence-corrected chi connectivity index (χ1v) is 6.44. The van der Waals surface area contributed by atoms with Crippen molar-refractivity contribution in [3.63, 3.8) is 0 Å². The normalized spacial score (nSPS) is 32.6. The van der Waals surface area contributed by atoms with Gasteiger partial charge < -0.3 is 10.2 Å². The zero-order chi connectivity index (χ0) is 11.7. The minimum absolute atomic E-state index is 0.0245. The molecule has 1 aromatic heterocycles. The van der Waals surface area contributed by atoms with Crippen molar-refractivity contribution in [1.82, 2.24) is 0 Å². The molecule has 3 heteroatoms. The van der Waals surface area contributed by atoms with Gasteiger partial charge in [0.2, 0.25) is 0 Å². The fourth-order valence-electron chi connectivity index (χ4n) is 3.10. The Bertz CT molecular complexity index is 339.